The van der Waals surface area contributed by atoms with Gasteiger partial charge in [-0.1, -0.05) is 6.92 Å². The number of hydrogen-bond acceptors (Lipinski definition) is 3. The topological polar surface area (TPSA) is 61.4 Å². The molecule has 0 aromatic heterocycles. The number of halogens is 1. The van der Waals surface area contributed by atoms with E-state index in [1.165, 1.54) is 0 Å². The molecule has 2 amide bonds. The first-order valence-corrected chi connectivity index (χ1v) is 9.41. The molecule has 0 aromatic carbocycles. The summed E-state index contributed by atoms with van der Waals surface area (Å²) in [6.07, 6.45) is 7.11. The molecule has 3 fully saturated rings. The fraction of sp³-hybridized carbons (Fsp3) is 0.889. The van der Waals surface area contributed by atoms with Crippen molar-refractivity contribution in [2.45, 2.75) is 51.9 Å². The lowest BCUT2D eigenvalue weighted by atomic mass is 9.91. The van der Waals surface area contributed by atoms with Crippen LogP contribution in [0.3, 0.4) is 0 Å². The summed E-state index contributed by atoms with van der Waals surface area (Å²) in [6.45, 7) is 6.61. The van der Waals surface area contributed by atoms with Crippen LogP contribution in [0.5, 0.6) is 0 Å². The van der Waals surface area contributed by atoms with E-state index < -0.39 is 0 Å². The van der Waals surface area contributed by atoms with E-state index in [4.69, 9.17) is 0 Å². The number of amides is 2. The van der Waals surface area contributed by atoms with Crippen LogP contribution >= 0.6 is 12.4 Å². The van der Waals surface area contributed by atoms with Crippen LogP contribution in [0.1, 0.15) is 51.9 Å². The van der Waals surface area contributed by atoms with Crippen LogP contribution in [0.15, 0.2) is 0 Å². The van der Waals surface area contributed by atoms with Gasteiger partial charge in [0.15, 0.2) is 0 Å². The SMILES string of the molecule is CCCC(=O)NCC1CCCN(C(=O)C2CC23CCNCC3)C1.Cl. The van der Waals surface area contributed by atoms with Gasteiger partial charge in [0.2, 0.25) is 11.8 Å². The lowest BCUT2D eigenvalue weighted by Gasteiger charge is -2.34. The molecule has 1 spiro atoms. The van der Waals surface area contributed by atoms with Crippen molar-refractivity contribution in [3.05, 3.63) is 0 Å². The molecule has 0 aromatic rings. The van der Waals surface area contributed by atoms with E-state index in [9.17, 15) is 9.59 Å². The van der Waals surface area contributed by atoms with Crippen molar-refractivity contribution in [2.75, 3.05) is 32.7 Å². The third-order valence-corrected chi connectivity index (χ3v) is 5.98. The summed E-state index contributed by atoms with van der Waals surface area (Å²) in [4.78, 5) is 26.5. The van der Waals surface area contributed by atoms with Crippen LogP contribution in [0.25, 0.3) is 0 Å². The lowest BCUT2D eigenvalue weighted by Crippen LogP contribution is -2.45. The molecule has 2 N–H and O–H groups in total. The molecular formula is C18H32ClN3O2. The van der Waals surface area contributed by atoms with Gasteiger partial charge in [0.05, 0.1) is 0 Å². The zero-order chi connectivity index (χ0) is 16.3. The second kappa shape index (κ2) is 8.52. The fourth-order valence-electron chi connectivity index (χ4n) is 4.40. The molecular weight excluding hydrogens is 326 g/mol. The van der Waals surface area contributed by atoms with Crippen molar-refractivity contribution in [3.8, 4) is 0 Å². The van der Waals surface area contributed by atoms with E-state index in [-0.39, 0.29) is 24.2 Å². The Labute approximate surface area is 151 Å². The highest BCUT2D eigenvalue weighted by molar-refractivity contribution is 5.85. The predicted molar refractivity (Wildman–Crippen MR) is 97.1 cm³/mol. The number of piperidine rings is 2. The van der Waals surface area contributed by atoms with Crippen LogP contribution in [-0.2, 0) is 9.59 Å². The van der Waals surface area contributed by atoms with Crippen LogP contribution in [0, 0.1) is 17.3 Å². The smallest absolute Gasteiger partial charge is 0.226 e. The number of hydrogen-bond donors (Lipinski definition) is 2. The first kappa shape index (κ1) is 19.5. The number of carbonyl (C=O) groups is 2. The lowest BCUT2D eigenvalue weighted by molar-refractivity contribution is -0.135. The minimum absolute atomic E-state index is 0. The second-order valence-corrected chi connectivity index (χ2v) is 7.72. The zero-order valence-electron chi connectivity index (χ0n) is 14.8. The second-order valence-electron chi connectivity index (χ2n) is 7.72. The molecule has 24 heavy (non-hydrogen) atoms. The Hall–Kier alpha value is -0.810. The Morgan fingerprint density at radius 3 is 2.75 bits per heavy atom. The van der Waals surface area contributed by atoms with Gasteiger partial charge < -0.3 is 15.5 Å². The van der Waals surface area contributed by atoms with Crippen LogP contribution < -0.4 is 10.6 Å². The minimum Gasteiger partial charge on any atom is -0.356 e. The van der Waals surface area contributed by atoms with E-state index in [0.717, 1.165) is 71.2 Å². The standard InChI is InChI=1S/C18H31N3O2.ClH/c1-2-4-16(22)20-12-14-5-3-10-21(13-14)17(23)15-11-18(15)6-8-19-9-7-18;/h14-15,19H,2-13H2,1H3,(H,20,22);1H. The van der Waals surface area contributed by atoms with Gasteiger partial charge in [0.1, 0.15) is 0 Å². The fourth-order valence-corrected chi connectivity index (χ4v) is 4.40. The van der Waals surface area contributed by atoms with E-state index in [2.05, 4.69) is 15.5 Å². The number of nitrogens with one attached hydrogen (secondary N) is 2. The number of nitrogens with zero attached hydrogens (tertiary/aromatic N) is 1. The van der Waals surface area contributed by atoms with Gasteiger partial charge in [0.25, 0.3) is 0 Å². The Bertz CT molecular complexity index is 452. The molecule has 2 saturated heterocycles. The molecule has 1 saturated carbocycles. The molecule has 2 aliphatic heterocycles. The molecule has 0 radical (unpaired) electrons. The number of carbonyl (C=O) groups excluding carboxylic acids is 2. The van der Waals surface area contributed by atoms with Crippen LogP contribution in [0.4, 0.5) is 0 Å². The summed E-state index contributed by atoms with van der Waals surface area (Å²) in [5, 5.41) is 6.43. The first-order valence-electron chi connectivity index (χ1n) is 9.41. The van der Waals surface area contributed by atoms with Crippen molar-refractivity contribution in [3.63, 3.8) is 0 Å². The van der Waals surface area contributed by atoms with Gasteiger partial charge in [-0.25, -0.2) is 0 Å². The van der Waals surface area contributed by atoms with Crippen molar-refractivity contribution < 1.29 is 9.59 Å². The van der Waals surface area contributed by atoms with Gasteiger partial charge in [0, 0.05) is 32.0 Å². The third-order valence-electron chi connectivity index (χ3n) is 5.98. The minimum atomic E-state index is 0. The summed E-state index contributed by atoms with van der Waals surface area (Å²) >= 11 is 0. The summed E-state index contributed by atoms with van der Waals surface area (Å²) in [5.41, 5.74) is 0.324. The van der Waals surface area contributed by atoms with Crippen molar-refractivity contribution in [1.82, 2.24) is 15.5 Å². The van der Waals surface area contributed by atoms with Crippen LogP contribution in [0.2, 0.25) is 0 Å². The van der Waals surface area contributed by atoms with E-state index >= 15 is 0 Å². The molecule has 3 rings (SSSR count). The van der Waals surface area contributed by atoms with Crippen LogP contribution in [-0.4, -0.2) is 49.4 Å². The van der Waals surface area contributed by atoms with Gasteiger partial charge >= 0.3 is 0 Å². The number of rotatable bonds is 5. The van der Waals surface area contributed by atoms with Gasteiger partial charge in [-0.2, -0.15) is 0 Å². The van der Waals surface area contributed by atoms with Gasteiger partial charge in [-0.3, -0.25) is 9.59 Å². The maximum absolute atomic E-state index is 12.8. The summed E-state index contributed by atoms with van der Waals surface area (Å²) in [5.74, 6) is 1.23. The predicted octanol–water partition coefficient (Wildman–Crippen LogP) is 1.95. The molecule has 0 bridgehead atoms. The summed E-state index contributed by atoms with van der Waals surface area (Å²) < 4.78 is 0. The Morgan fingerprint density at radius 2 is 2.04 bits per heavy atom. The van der Waals surface area contributed by atoms with Crippen molar-refractivity contribution >= 4 is 24.2 Å². The van der Waals surface area contributed by atoms with E-state index in [1.54, 1.807) is 0 Å². The maximum Gasteiger partial charge on any atom is 0.226 e. The van der Waals surface area contributed by atoms with E-state index in [0.29, 0.717) is 23.7 Å². The molecule has 2 heterocycles. The molecule has 1 aliphatic carbocycles. The molecule has 138 valence electrons. The normalized spacial score (nSPS) is 28.1. The highest BCUT2D eigenvalue weighted by Crippen LogP contribution is 2.59. The van der Waals surface area contributed by atoms with Gasteiger partial charge in [-0.15, -0.1) is 12.4 Å². The molecule has 5 nitrogen and oxygen atoms in total. The first-order chi connectivity index (χ1) is 11.1. The third kappa shape index (κ3) is 4.42. The summed E-state index contributed by atoms with van der Waals surface area (Å²) in [7, 11) is 0. The monoisotopic (exact) mass is 357 g/mol. The van der Waals surface area contributed by atoms with Gasteiger partial charge in [-0.05, 0) is 62.9 Å². The van der Waals surface area contributed by atoms with E-state index in [1.807, 2.05) is 6.92 Å². The quantitative estimate of drug-likeness (QED) is 0.790. The average molecular weight is 358 g/mol. The van der Waals surface area contributed by atoms with Crippen molar-refractivity contribution in [2.24, 2.45) is 17.3 Å². The number of likely N-dealkylation sites (tertiary alicyclic amines) is 1. The Morgan fingerprint density at radius 1 is 1.29 bits per heavy atom. The molecule has 3 aliphatic rings. The molecule has 2 unspecified atom stereocenters. The molecule has 2 atom stereocenters. The highest BCUT2D eigenvalue weighted by Gasteiger charge is 2.58. The van der Waals surface area contributed by atoms with Crippen molar-refractivity contribution in [1.29, 1.82) is 0 Å². The average Bonchev–Trinajstić information content (AvgIpc) is 3.26. The zero-order valence-corrected chi connectivity index (χ0v) is 15.6. The Kier molecular flexibility index (Phi) is 6.93. The highest BCUT2D eigenvalue weighted by atomic mass is 35.5. The largest absolute Gasteiger partial charge is 0.356 e. The molecule has 6 heteroatoms. The maximum atomic E-state index is 12.8. The Balaban J connectivity index is 0.00000208. The summed E-state index contributed by atoms with van der Waals surface area (Å²) in [6, 6.07) is 0.